The lowest BCUT2D eigenvalue weighted by Gasteiger charge is -2.06. The van der Waals surface area contributed by atoms with Gasteiger partial charge in [-0.3, -0.25) is 4.68 Å². The van der Waals surface area contributed by atoms with E-state index in [4.69, 9.17) is 4.74 Å². The molecule has 0 aliphatic carbocycles. The first-order valence-corrected chi connectivity index (χ1v) is 6.08. The summed E-state index contributed by atoms with van der Waals surface area (Å²) in [7, 11) is 1.69. The van der Waals surface area contributed by atoms with Crippen LogP contribution in [0.2, 0.25) is 0 Å². The van der Waals surface area contributed by atoms with Crippen molar-refractivity contribution in [2.24, 2.45) is 0 Å². The number of halogens is 1. The van der Waals surface area contributed by atoms with E-state index in [0.29, 0.717) is 12.6 Å². The van der Waals surface area contributed by atoms with Gasteiger partial charge in [-0.2, -0.15) is 5.10 Å². The molecule has 4 heteroatoms. The molecule has 2 rings (SSSR count). The number of methoxy groups -OCH3 is 1. The summed E-state index contributed by atoms with van der Waals surface area (Å²) in [6.07, 6.45) is 0. The van der Waals surface area contributed by atoms with E-state index in [1.54, 1.807) is 7.11 Å². The highest BCUT2D eigenvalue weighted by Gasteiger charge is 2.12. The average Bonchev–Trinajstić information content (AvgIpc) is 2.58. The second kappa shape index (κ2) is 4.55. The molecular weight excluding hydrogens is 268 g/mol. The average molecular weight is 283 g/mol. The van der Waals surface area contributed by atoms with E-state index < -0.39 is 0 Å². The maximum atomic E-state index is 5.18. The molecule has 0 aliphatic rings. The van der Waals surface area contributed by atoms with Gasteiger partial charge >= 0.3 is 0 Å². The van der Waals surface area contributed by atoms with Crippen LogP contribution >= 0.6 is 15.9 Å². The fraction of sp³-hybridized carbons (Fsp3) is 0.417. The Morgan fingerprint density at radius 1 is 1.44 bits per heavy atom. The largest absolute Gasteiger partial charge is 0.378 e. The van der Waals surface area contributed by atoms with Crippen LogP contribution in [0.3, 0.4) is 0 Å². The zero-order valence-electron chi connectivity index (χ0n) is 9.70. The molecular formula is C12H15BrN2O. The highest BCUT2D eigenvalue weighted by molar-refractivity contribution is 9.10. The Morgan fingerprint density at radius 2 is 2.19 bits per heavy atom. The van der Waals surface area contributed by atoms with Crippen LogP contribution in [0.1, 0.15) is 25.6 Å². The Labute approximate surface area is 104 Å². The van der Waals surface area contributed by atoms with Crippen molar-refractivity contribution in [3.8, 4) is 0 Å². The predicted octanol–water partition coefficient (Wildman–Crippen LogP) is 3.53. The topological polar surface area (TPSA) is 27.1 Å². The zero-order valence-corrected chi connectivity index (χ0v) is 11.3. The molecule has 0 amide bonds. The fourth-order valence-corrected chi connectivity index (χ4v) is 2.18. The zero-order chi connectivity index (χ0) is 11.7. The third kappa shape index (κ3) is 1.99. The lowest BCUT2D eigenvalue weighted by Crippen LogP contribution is -2.03. The van der Waals surface area contributed by atoms with Crippen LogP contribution < -0.4 is 0 Å². The number of aromatic nitrogens is 2. The third-order valence-corrected chi connectivity index (χ3v) is 3.01. The van der Waals surface area contributed by atoms with Gasteiger partial charge in [0.2, 0.25) is 0 Å². The van der Waals surface area contributed by atoms with Gasteiger partial charge in [-0.15, -0.1) is 0 Å². The molecule has 86 valence electrons. The molecule has 0 atom stereocenters. The number of hydrogen-bond donors (Lipinski definition) is 0. The van der Waals surface area contributed by atoms with Crippen LogP contribution in [0.4, 0.5) is 0 Å². The number of ether oxygens (including phenoxy) is 1. The summed E-state index contributed by atoms with van der Waals surface area (Å²) >= 11 is 3.49. The molecule has 2 aromatic rings. The first kappa shape index (κ1) is 11.6. The standard InChI is InChI=1S/C12H15BrN2O/c1-8(2)15-12-5-4-9(13)6-10(12)11(14-15)7-16-3/h4-6,8H,7H2,1-3H3. The SMILES string of the molecule is COCc1nn(C(C)C)c2ccc(Br)cc12. The lowest BCUT2D eigenvalue weighted by molar-refractivity contribution is 0.181. The van der Waals surface area contributed by atoms with Crippen LogP contribution in [0.5, 0.6) is 0 Å². The first-order chi connectivity index (χ1) is 7.63. The van der Waals surface area contributed by atoms with Gasteiger partial charge in [-0.05, 0) is 32.0 Å². The Balaban J connectivity index is 2.66. The highest BCUT2D eigenvalue weighted by Crippen LogP contribution is 2.25. The summed E-state index contributed by atoms with van der Waals surface area (Å²) in [4.78, 5) is 0. The minimum absolute atomic E-state index is 0.356. The molecule has 1 heterocycles. The number of hydrogen-bond acceptors (Lipinski definition) is 2. The van der Waals surface area contributed by atoms with Crippen molar-refractivity contribution in [1.29, 1.82) is 0 Å². The van der Waals surface area contributed by atoms with Crippen LogP contribution in [0.15, 0.2) is 22.7 Å². The van der Waals surface area contributed by atoms with Crippen LogP contribution in [-0.2, 0) is 11.3 Å². The molecule has 0 saturated heterocycles. The first-order valence-electron chi connectivity index (χ1n) is 5.29. The predicted molar refractivity (Wildman–Crippen MR) is 68.5 cm³/mol. The molecule has 0 spiro atoms. The van der Waals surface area contributed by atoms with Gasteiger partial charge in [0, 0.05) is 23.0 Å². The van der Waals surface area contributed by atoms with Crippen LogP contribution in [0, 0.1) is 0 Å². The van der Waals surface area contributed by atoms with Gasteiger partial charge in [0.1, 0.15) is 0 Å². The second-order valence-corrected chi connectivity index (χ2v) is 5.00. The minimum atomic E-state index is 0.356. The van der Waals surface area contributed by atoms with E-state index in [-0.39, 0.29) is 0 Å². The van der Waals surface area contributed by atoms with E-state index in [0.717, 1.165) is 21.1 Å². The number of nitrogens with zero attached hydrogens (tertiary/aromatic N) is 2. The van der Waals surface area contributed by atoms with E-state index in [9.17, 15) is 0 Å². The summed E-state index contributed by atoms with van der Waals surface area (Å²) in [5.41, 5.74) is 2.15. The minimum Gasteiger partial charge on any atom is -0.378 e. The van der Waals surface area contributed by atoms with Crippen LogP contribution in [-0.4, -0.2) is 16.9 Å². The van der Waals surface area contributed by atoms with E-state index >= 15 is 0 Å². The Kier molecular flexibility index (Phi) is 3.30. The Morgan fingerprint density at radius 3 is 2.81 bits per heavy atom. The lowest BCUT2D eigenvalue weighted by atomic mass is 10.2. The summed E-state index contributed by atoms with van der Waals surface area (Å²) in [5, 5.41) is 5.75. The quantitative estimate of drug-likeness (QED) is 0.861. The molecule has 0 N–H and O–H groups in total. The van der Waals surface area contributed by atoms with Gasteiger partial charge < -0.3 is 4.74 Å². The maximum Gasteiger partial charge on any atom is 0.0960 e. The van der Waals surface area contributed by atoms with Gasteiger partial charge in [0.25, 0.3) is 0 Å². The number of fused-ring (bicyclic) bond motifs is 1. The van der Waals surface area contributed by atoms with Crippen molar-refractivity contribution in [2.75, 3.05) is 7.11 Å². The molecule has 0 fully saturated rings. The van der Waals surface area contributed by atoms with Crippen molar-refractivity contribution in [1.82, 2.24) is 9.78 Å². The van der Waals surface area contributed by atoms with Gasteiger partial charge in [0.05, 0.1) is 17.8 Å². The van der Waals surface area contributed by atoms with E-state index in [1.807, 2.05) is 10.7 Å². The van der Waals surface area contributed by atoms with Crippen molar-refractivity contribution in [3.63, 3.8) is 0 Å². The Bertz CT molecular complexity index is 505. The fourth-order valence-electron chi connectivity index (χ4n) is 1.81. The smallest absolute Gasteiger partial charge is 0.0960 e. The molecule has 0 radical (unpaired) electrons. The summed E-state index contributed by atoms with van der Waals surface area (Å²) in [6, 6.07) is 6.58. The summed E-state index contributed by atoms with van der Waals surface area (Å²) < 4.78 is 8.29. The maximum absolute atomic E-state index is 5.18. The van der Waals surface area contributed by atoms with Gasteiger partial charge in [-0.1, -0.05) is 15.9 Å². The van der Waals surface area contributed by atoms with Crippen molar-refractivity contribution in [2.45, 2.75) is 26.5 Å². The van der Waals surface area contributed by atoms with E-state index in [1.165, 1.54) is 0 Å². The van der Waals surface area contributed by atoms with Gasteiger partial charge in [-0.25, -0.2) is 0 Å². The molecule has 0 bridgehead atoms. The number of benzene rings is 1. The monoisotopic (exact) mass is 282 g/mol. The Hall–Kier alpha value is -0.870. The molecule has 3 nitrogen and oxygen atoms in total. The van der Waals surface area contributed by atoms with E-state index in [2.05, 4.69) is 47.0 Å². The van der Waals surface area contributed by atoms with Gasteiger partial charge in [0.15, 0.2) is 0 Å². The third-order valence-electron chi connectivity index (χ3n) is 2.51. The molecule has 1 aromatic heterocycles. The molecule has 0 aliphatic heterocycles. The molecule has 1 aromatic carbocycles. The van der Waals surface area contributed by atoms with Crippen molar-refractivity contribution < 1.29 is 4.74 Å². The highest BCUT2D eigenvalue weighted by atomic mass is 79.9. The van der Waals surface area contributed by atoms with Crippen LogP contribution in [0.25, 0.3) is 10.9 Å². The number of rotatable bonds is 3. The molecule has 0 unspecified atom stereocenters. The summed E-state index contributed by atoms with van der Waals surface area (Å²) in [6.45, 7) is 4.81. The molecule has 16 heavy (non-hydrogen) atoms. The normalized spacial score (nSPS) is 11.6. The summed E-state index contributed by atoms with van der Waals surface area (Å²) in [5.74, 6) is 0. The second-order valence-electron chi connectivity index (χ2n) is 4.08. The van der Waals surface area contributed by atoms with Crippen molar-refractivity contribution in [3.05, 3.63) is 28.4 Å². The molecule has 0 saturated carbocycles. The van der Waals surface area contributed by atoms with Crippen molar-refractivity contribution >= 4 is 26.8 Å².